The molecule has 166 valence electrons. The van der Waals surface area contributed by atoms with Crippen molar-refractivity contribution >= 4 is 35.8 Å². The third-order valence-corrected chi connectivity index (χ3v) is 4.21. The molecule has 8 heteroatoms. The predicted octanol–water partition coefficient (Wildman–Crippen LogP) is 3.08. The van der Waals surface area contributed by atoms with E-state index in [2.05, 4.69) is 27.9 Å². The van der Waals surface area contributed by atoms with Gasteiger partial charge in [0.1, 0.15) is 5.75 Å². The number of hydrogen-bond acceptors (Lipinski definition) is 4. The Balaban J connectivity index is 0.00000784. The van der Waals surface area contributed by atoms with E-state index < -0.39 is 0 Å². The summed E-state index contributed by atoms with van der Waals surface area (Å²) in [4.78, 5) is 16.5. The first-order valence-electron chi connectivity index (χ1n) is 10.1. The van der Waals surface area contributed by atoms with Crippen molar-refractivity contribution in [2.24, 2.45) is 4.99 Å². The highest BCUT2D eigenvalue weighted by Gasteiger charge is 2.06. The minimum atomic E-state index is 0. The summed E-state index contributed by atoms with van der Waals surface area (Å²) in [6, 6.07) is 8.04. The number of carbonyl (C=O) groups excluding carboxylic acids is 1. The van der Waals surface area contributed by atoms with Crippen LogP contribution in [0.2, 0.25) is 0 Å². The number of halogens is 1. The molecule has 1 aromatic rings. The summed E-state index contributed by atoms with van der Waals surface area (Å²) < 4.78 is 10.5. The van der Waals surface area contributed by atoms with Gasteiger partial charge in [-0.25, -0.2) is 4.99 Å². The first kappa shape index (κ1) is 27.5. The van der Waals surface area contributed by atoms with E-state index in [4.69, 9.17) is 9.47 Å². The molecule has 0 fully saturated rings. The Labute approximate surface area is 192 Å². The molecule has 7 nitrogen and oxygen atoms in total. The van der Waals surface area contributed by atoms with Gasteiger partial charge in [0, 0.05) is 38.8 Å². The zero-order valence-corrected chi connectivity index (χ0v) is 20.5. The van der Waals surface area contributed by atoms with Crippen molar-refractivity contribution in [1.29, 1.82) is 0 Å². The van der Waals surface area contributed by atoms with E-state index in [9.17, 15) is 4.79 Å². The fourth-order valence-electron chi connectivity index (χ4n) is 2.34. The molecule has 1 rings (SSSR count). The highest BCUT2D eigenvalue weighted by Crippen LogP contribution is 2.11. The van der Waals surface area contributed by atoms with Crippen molar-refractivity contribution in [3.8, 4) is 5.75 Å². The molecular formula is C21H37IN4O3. The summed E-state index contributed by atoms with van der Waals surface area (Å²) in [5.41, 5.74) is 1.09. The number of hydrogen-bond donors (Lipinski definition) is 3. The molecule has 0 bridgehead atoms. The maximum atomic E-state index is 11.9. The number of aliphatic imine (C=N–C) groups is 1. The summed E-state index contributed by atoms with van der Waals surface area (Å²) >= 11 is 0. The molecule has 0 saturated carbocycles. The molecule has 0 aromatic heterocycles. The average molecular weight is 520 g/mol. The van der Waals surface area contributed by atoms with Crippen LogP contribution in [0.4, 0.5) is 0 Å². The Morgan fingerprint density at radius 2 is 1.83 bits per heavy atom. The normalized spacial score (nSPS) is 11.9. The number of benzene rings is 1. The lowest BCUT2D eigenvalue weighted by Gasteiger charge is -2.14. The minimum Gasteiger partial charge on any atom is -0.497 e. The smallest absolute Gasteiger partial charge is 0.221 e. The van der Waals surface area contributed by atoms with Crippen LogP contribution in [0.1, 0.15) is 45.6 Å². The standard InChI is InChI=1S/C21H36N4O3.HI/c1-5-17(3)25-20(26)12-14-23-21(22-13-7-15-28-6-2)24-16-18-8-10-19(27-4)11-9-18;/h8-11,17H,5-7,12-16H2,1-4H3,(H,25,26)(H2,22,23,24);1H. The van der Waals surface area contributed by atoms with E-state index in [1.165, 1.54) is 0 Å². The van der Waals surface area contributed by atoms with Gasteiger partial charge in [-0.2, -0.15) is 0 Å². The zero-order valence-electron chi connectivity index (χ0n) is 18.1. The van der Waals surface area contributed by atoms with Crippen molar-refractivity contribution in [1.82, 2.24) is 16.0 Å². The number of amides is 1. The molecule has 1 aromatic carbocycles. The summed E-state index contributed by atoms with van der Waals surface area (Å²) in [5.74, 6) is 1.57. The lowest BCUT2D eigenvalue weighted by Crippen LogP contribution is -2.41. The SMILES string of the molecule is CCOCCCNC(=NCc1ccc(OC)cc1)NCCC(=O)NC(C)CC.I. The third-order valence-electron chi connectivity index (χ3n) is 4.21. The molecule has 0 spiro atoms. The molecule has 3 N–H and O–H groups in total. The predicted molar refractivity (Wildman–Crippen MR) is 129 cm³/mol. The Hall–Kier alpha value is -1.55. The van der Waals surface area contributed by atoms with Gasteiger partial charge in [-0.15, -0.1) is 24.0 Å². The molecule has 0 heterocycles. The van der Waals surface area contributed by atoms with E-state index in [-0.39, 0.29) is 35.9 Å². The van der Waals surface area contributed by atoms with E-state index in [1.54, 1.807) is 7.11 Å². The number of ether oxygens (including phenoxy) is 2. The highest BCUT2D eigenvalue weighted by molar-refractivity contribution is 14.0. The second kappa shape index (κ2) is 17.3. The van der Waals surface area contributed by atoms with Crippen LogP contribution in [0.5, 0.6) is 5.75 Å². The summed E-state index contributed by atoms with van der Waals surface area (Å²) in [5, 5.41) is 9.51. The van der Waals surface area contributed by atoms with Crippen LogP contribution in [0.25, 0.3) is 0 Å². The van der Waals surface area contributed by atoms with Gasteiger partial charge in [0.25, 0.3) is 0 Å². The average Bonchev–Trinajstić information content (AvgIpc) is 2.71. The Bertz CT molecular complexity index is 582. The topological polar surface area (TPSA) is 84.0 Å². The van der Waals surface area contributed by atoms with Crippen molar-refractivity contribution in [2.75, 3.05) is 33.4 Å². The number of nitrogens with one attached hydrogen (secondary N) is 3. The van der Waals surface area contributed by atoms with Gasteiger partial charge in [0.05, 0.1) is 13.7 Å². The van der Waals surface area contributed by atoms with E-state index in [0.717, 1.165) is 37.3 Å². The van der Waals surface area contributed by atoms with Crippen molar-refractivity contribution in [3.63, 3.8) is 0 Å². The lowest BCUT2D eigenvalue weighted by atomic mass is 10.2. The third kappa shape index (κ3) is 13.3. The fraction of sp³-hybridized carbons (Fsp3) is 0.619. The number of guanidine groups is 1. The largest absolute Gasteiger partial charge is 0.497 e. The van der Waals surface area contributed by atoms with Gasteiger partial charge < -0.3 is 25.4 Å². The molecule has 1 atom stereocenters. The number of methoxy groups -OCH3 is 1. The van der Waals surface area contributed by atoms with Crippen LogP contribution in [0.3, 0.4) is 0 Å². The van der Waals surface area contributed by atoms with Crippen LogP contribution < -0.4 is 20.7 Å². The van der Waals surface area contributed by atoms with Crippen LogP contribution in [-0.4, -0.2) is 51.3 Å². The maximum absolute atomic E-state index is 11.9. The van der Waals surface area contributed by atoms with Gasteiger partial charge >= 0.3 is 0 Å². The van der Waals surface area contributed by atoms with Crippen molar-refractivity contribution in [3.05, 3.63) is 29.8 Å². The lowest BCUT2D eigenvalue weighted by molar-refractivity contribution is -0.121. The summed E-state index contributed by atoms with van der Waals surface area (Å²) in [6.45, 7) is 9.32. The van der Waals surface area contributed by atoms with Gasteiger partial charge in [-0.05, 0) is 44.4 Å². The zero-order chi connectivity index (χ0) is 20.6. The first-order valence-corrected chi connectivity index (χ1v) is 10.1. The Morgan fingerprint density at radius 1 is 1.14 bits per heavy atom. The van der Waals surface area contributed by atoms with E-state index in [1.807, 2.05) is 38.1 Å². The number of rotatable bonds is 13. The Kier molecular flexibility index (Phi) is 16.4. The minimum absolute atomic E-state index is 0. The van der Waals surface area contributed by atoms with E-state index >= 15 is 0 Å². The van der Waals surface area contributed by atoms with Gasteiger partial charge in [-0.1, -0.05) is 19.1 Å². The molecule has 0 saturated heterocycles. The second-order valence-electron chi connectivity index (χ2n) is 6.54. The monoisotopic (exact) mass is 520 g/mol. The Morgan fingerprint density at radius 3 is 2.45 bits per heavy atom. The highest BCUT2D eigenvalue weighted by atomic mass is 127. The molecule has 0 radical (unpaired) electrons. The van der Waals surface area contributed by atoms with Crippen LogP contribution >= 0.6 is 24.0 Å². The molecule has 0 aliphatic rings. The van der Waals surface area contributed by atoms with Crippen LogP contribution in [-0.2, 0) is 16.1 Å². The fourth-order valence-corrected chi connectivity index (χ4v) is 2.34. The number of carbonyl (C=O) groups is 1. The molecular weight excluding hydrogens is 483 g/mol. The first-order chi connectivity index (χ1) is 13.6. The van der Waals surface area contributed by atoms with Crippen molar-refractivity contribution in [2.45, 2.75) is 52.6 Å². The molecule has 0 aliphatic heterocycles. The molecule has 29 heavy (non-hydrogen) atoms. The molecule has 0 aliphatic carbocycles. The van der Waals surface area contributed by atoms with E-state index in [0.29, 0.717) is 32.1 Å². The molecule has 1 amide bonds. The van der Waals surface area contributed by atoms with Crippen LogP contribution in [0, 0.1) is 0 Å². The maximum Gasteiger partial charge on any atom is 0.221 e. The number of nitrogens with zero attached hydrogens (tertiary/aromatic N) is 1. The quantitative estimate of drug-likeness (QED) is 0.161. The second-order valence-corrected chi connectivity index (χ2v) is 6.54. The summed E-state index contributed by atoms with van der Waals surface area (Å²) in [7, 11) is 1.65. The summed E-state index contributed by atoms with van der Waals surface area (Å²) in [6.07, 6.45) is 2.23. The van der Waals surface area contributed by atoms with Gasteiger partial charge in [-0.3, -0.25) is 4.79 Å². The molecule has 1 unspecified atom stereocenters. The van der Waals surface area contributed by atoms with Gasteiger partial charge in [0.2, 0.25) is 5.91 Å². The van der Waals surface area contributed by atoms with Crippen molar-refractivity contribution < 1.29 is 14.3 Å². The van der Waals surface area contributed by atoms with Crippen LogP contribution in [0.15, 0.2) is 29.3 Å². The van der Waals surface area contributed by atoms with Gasteiger partial charge in [0.15, 0.2) is 5.96 Å².